The van der Waals surface area contributed by atoms with Crippen LogP contribution < -0.4 is 10.1 Å². The molecule has 0 aliphatic carbocycles. The molecule has 3 nitrogen and oxygen atoms in total. The van der Waals surface area contributed by atoms with Crippen LogP contribution in [0.4, 0.5) is 0 Å². The molecule has 0 aliphatic rings. The molecule has 2 unspecified atom stereocenters. The molecule has 0 aromatic heterocycles. The number of benzene rings is 1. The average molecular weight is 265 g/mol. The van der Waals surface area contributed by atoms with Crippen molar-refractivity contribution < 1.29 is 9.47 Å². The minimum Gasteiger partial charge on any atom is -0.492 e. The smallest absolute Gasteiger partial charge is 0.119 e. The van der Waals surface area contributed by atoms with Gasteiger partial charge in [-0.05, 0) is 37.0 Å². The van der Waals surface area contributed by atoms with Gasteiger partial charge in [-0.25, -0.2) is 0 Å². The molecule has 0 fully saturated rings. The monoisotopic (exact) mass is 265 g/mol. The van der Waals surface area contributed by atoms with Crippen LogP contribution in [0.3, 0.4) is 0 Å². The van der Waals surface area contributed by atoms with Gasteiger partial charge in [0, 0.05) is 19.7 Å². The SMILES string of the molecule is CCC(C)c1ccc(OCCNC(C)COC)cc1. The highest BCUT2D eigenvalue weighted by molar-refractivity contribution is 5.29. The second kappa shape index (κ2) is 8.94. The van der Waals surface area contributed by atoms with Gasteiger partial charge in [0.2, 0.25) is 0 Å². The van der Waals surface area contributed by atoms with Crippen molar-refractivity contribution >= 4 is 0 Å². The van der Waals surface area contributed by atoms with Crippen molar-refractivity contribution in [3.8, 4) is 5.75 Å². The fourth-order valence-electron chi connectivity index (χ4n) is 1.91. The number of ether oxygens (including phenoxy) is 2. The maximum Gasteiger partial charge on any atom is 0.119 e. The van der Waals surface area contributed by atoms with Gasteiger partial charge in [-0.2, -0.15) is 0 Å². The van der Waals surface area contributed by atoms with Gasteiger partial charge in [0.15, 0.2) is 0 Å². The van der Waals surface area contributed by atoms with Gasteiger partial charge in [0.05, 0.1) is 6.61 Å². The van der Waals surface area contributed by atoms with Crippen LogP contribution in [0.1, 0.15) is 38.7 Å². The van der Waals surface area contributed by atoms with E-state index in [0.717, 1.165) is 18.9 Å². The van der Waals surface area contributed by atoms with Crippen LogP contribution in [0.2, 0.25) is 0 Å². The molecular formula is C16H27NO2. The summed E-state index contributed by atoms with van der Waals surface area (Å²) in [6, 6.07) is 8.79. The Labute approximate surface area is 117 Å². The maximum absolute atomic E-state index is 5.70. The zero-order valence-electron chi connectivity index (χ0n) is 12.6. The second-order valence-corrected chi connectivity index (χ2v) is 5.04. The zero-order chi connectivity index (χ0) is 14.1. The molecule has 1 rings (SSSR count). The summed E-state index contributed by atoms with van der Waals surface area (Å²) in [5.74, 6) is 1.55. The minimum absolute atomic E-state index is 0.362. The fraction of sp³-hybridized carbons (Fsp3) is 0.625. The summed E-state index contributed by atoms with van der Waals surface area (Å²) >= 11 is 0. The first kappa shape index (κ1) is 16.0. The molecule has 1 aromatic rings. The van der Waals surface area contributed by atoms with Gasteiger partial charge < -0.3 is 14.8 Å². The van der Waals surface area contributed by atoms with E-state index >= 15 is 0 Å². The van der Waals surface area contributed by atoms with Crippen molar-refractivity contribution in [3.05, 3.63) is 29.8 Å². The molecule has 0 saturated heterocycles. The van der Waals surface area contributed by atoms with Crippen molar-refractivity contribution in [2.75, 3.05) is 26.9 Å². The molecule has 0 bridgehead atoms. The lowest BCUT2D eigenvalue weighted by atomic mass is 9.99. The van der Waals surface area contributed by atoms with E-state index in [9.17, 15) is 0 Å². The quantitative estimate of drug-likeness (QED) is 0.696. The minimum atomic E-state index is 0.362. The van der Waals surface area contributed by atoms with Crippen LogP contribution in [-0.4, -0.2) is 32.9 Å². The van der Waals surface area contributed by atoms with Crippen LogP contribution in [0, 0.1) is 0 Å². The molecule has 0 saturated carbocycles. The summed E-state index contributed by atoms with van der Waals surface area (Å²) < 4.78 is 10.8. The normalized spacial score (nSPS) is 14.1. The first-order valence-electron chi connectivity index (χ1n) is 7.12. The van der Waals surface area contributed by atoms with Crippen LogP contribution in [0.15, 0.2) is 24.3 Å². The molecule has 1 N–H and O–H groups in total. The summed E-state index contributed by atoms with van der Waals surface area (Å²) in [5, 5.41) is 3.34. The number of nitrogens with one attached hydrogen (secondary N) is 1. The Hall–Kier alpha value is -1.06. The van der Waals surface area contributed by atoms with E-state index in [2.05, 4.69) is 50.4 Å². The van der Waals surface area contributed by atoms with Crippen molar-refractivity contribution in [1.29, 1.82) is 0 Å². The van der Waals surface area contributed by atoms with E-state index in [1.807, 2.05) is 0 Å². The topological polar surface area (TPSA) is 30.5 Å². The molecule has 1 aromatic carbocycles. The third-order valence-corrected chi connectivity index (χ3v) is 3.34. The largest absolute Gasteiger partial charge is 0.492 e. The summed E-state index contributed by atoms with van der Waals surface area (Å²) in [6.45, 7) is 8.79. The lowest BCUT2D eigenvalue weighted by Gasteiger charge is -2.14. The first-order chi connectivity index (χ1) is 9.17. The molecule has 3 heteroatoms. The lowest BCUT2D eigenvalue weighted by molar-refractivity contribution is 0.169. The molecule has 0 radical (unpaired) electrons. The number of hydrogen-bond acceptors (Lipinski definition) is 3. The fourth-order valence-corrected chi connectivity index (χ4v) is 1.91. The van der Waals surface area contributed by atoms with Crippen LogP contribution in [-0.2, 0) is 4.74 Å². The second-order valence-electron chi connectivity index (χ2n) is 5.04. The standard InChI is InChI=1S/C16H27NO2/c1-5-13(2)15-6-8-16(9-7-15)19-11-10-17-14(3)12-18-4/h6-9,13-14,17H,5,10-12H2,1-4H3. The van der Waals surface area contributed by atoms with Gasteiger partial charge in [0.25, 0.3) is 0 Å². The van der Waals surface area contributed by atoms with Crippen LogP contribution >= 0.6 is 0 Å². The Morgan fingerprint density at radius 3 is 2.42 bits per heavy atom. The number of methoxy groups -OCH3 is 1. The summed E-state index contributed by atoms with van der Waals surface area (Å²) in [5.41, 5.74) is 1.38. The predicted molar refractivity (Wildman–Crippen MR) is 80.0 cm³/mol. The maximum atomic E-state index is 5.70. The average Bonchev–Trinajstić information content (AvgIpc) is 2.44. The van der Waals surface area contributed by atoms with E-state index < -0.39 is 0 Å². The van der Waals surface area contributed by atoms with Crippen molar-refractivity contribution in [3.63, 3.8) is 0 Å². The van der Waals surface area contributed by atoms with E-state index in [1.165, 1.54) is 12.0 Å². The molecule has 19 heavy (non-hydrogen) atoms. The van der Waals surface area contributed by atoms with Crippen LogP contribution in [0.5, 0.6) is 5.75 Å². The van der Waals surface area contributed by atoms with E-state index in [0.29, 0.717) is 18.6 Å². The molecule has 0 spiro atoms. The molecule has 0 heterocycles. The van der Waals surface area contributed by atoms with E-state index in [-0.39, 0.29) is 0 Å². The molecule has 0 amide bonds. The molecule has 2 atom stereocenters. The summed E-state index contributed by atoms with van der Waals surface area (Å²) in [7, 11) is 1.72. The van der Waals surface area contributed by atoms with Gasteiger partial charge in [-0.1, -0.05) is 26.0 Å². The number of hydrogen-bond donors (Lipinski definition) is 1. The van der Waals surface area contributed by atoms with Crippen molar-refractivity contribution in [2.24, 2.45) is 0 Å². The summed E-state index contributed by atoms with van der Waals surface area (Å²) in [6.07, 6.45) is 1.17. The van der Waals surface area contributed by atoms with Gasteiger partial charge in [-0.3, -0.25) is 0 Å². The Balaban J connectivity index is 2.26. The Morgan fingerprint density at radius 1 is 1.16 bits per heavy atom. The predicted octanol–water partition coefficient (Wildman–Crippen LogP) is 3.20. The van der Waals surface area contributed by atoms with Gasteiger partial charge in [0.1, 0.15) is 12.4 Å². The van der Waals surface area contributed by atoms with Crippen LogP contribution in [0.25, 0.3) is 0 Å². The molecular weight excluding hydrogens is 238 g/mol. The number of rotatable bonds is 9. The van der Waals surface area contributed by atoms with Gasteiger partial charge in [-0.15, -0.1) is 0 Å². The van der Waals surface area contributed by atoms with Crippen molar-refractivity contribution in [2.45, 2.75) is 39.2 Å². The Kier molecular flexibility index (Phi) is 7.53. The molecule has 108 valence electrons. The highest BCUT2D eigenvalue weighted by atomic mass is 16.5. The third kappa shape index (κ3) is 6.08. The third-order valence-electron chi connectivity index (χ3n) is 3.34. The highest BCUT2D eigenvalue weighted by Crippen LogP contribution is 2.21. The van der Waals surface area contributed by atoms with E-state index in [4.69, 9.17) is 9.47 Å². The Morgan fingerprint density at radius 2 is 1.84 bits per heavy atom. The lowest BCUT2D eigenvalue weighted by Crippen LogP contribution is -2.33. The van der Waals surface area contributed by atoms with E-state index in [1.54, 1.807) is 7.11 Å². The van der Waals surface area contributed by atoms with Gasteiger partial charge >= 0.3 is 0 Å². The Bertz CT molecular complexity index is 337. The van der Waals surface area contributed by atoms with Crippen molar-refractivity contribution in [1.82, 2.24) is 5.32 Å². The highest BCUT2D eigenvalue weighted by Gasteiger charge is 2.03. The summed E-state index contributed by atoms with van der Waals surface area (Å²) in [4.78, 5) is 0. The zero-order valence-corrected chi connectivity index (χ0v) is 12.6. The molecule has 0 aliphatic heterocycles. The first-order valence-corrected chi connectivity index (χ1v) is 7.12.